The summed E-state index contributed by atoms with van der Waals surface area (Å²) >= 11 is -5.28. The van der Waals surface area contributed by atoms with E-state index in [0.717, 1.165) is 0 Å². The monoisotopic (exact) mass is 1580 g/mol. The molecule has 0 saturated heterocycles. The molecule has 77 heavy (non-hydrogen) atoms. The SMILES string of the molecule is CC(S[As](C)C)C(=O)NCC(=O)O.C[As](C)SC(C)(C)C(N)C(=O)O.C[As](C)SCC(=O)O.C[As](C)SCC(=O)O.C[As](C)SCC(NC(=O)CCC(N)C(=O)O)C(=O)NCC(=O)O.C[As](C)Sc1ncccc1C(=O)O. The van der Waals surface area contributed by atoms with Gasteiger partial charge in [0.1, 0.15) is 0 Å². The predicted molar refractivity (Wildman–Crippen MR) is 327 cm³/mol. The minimum atomic E-state index is -1.20. The van der Waals surface area contributed by atoms with Gasteiger partial charge in [-0.2, -0.15) is 0 Å². The van der Waals surface area contributed by atoms with E-state index in [1.54, 1.807) is 85.4 Å². The molecule has 1 heterocycles. The molecule has 1 aromatic heterocycles. The van der Waals surface area contributed by atoms with Crippen LogP contribution in [0.4, 0.5) is 0 Å². The number of nitrogens with one attached hydrogen (secondary N) is 3. The van der Waals surface area contributed by atoms with E-state index in [0.29, 0.717) is 16.3 Å². The number of aromatic carboxylic acids is 1. The molecule has 1 aromatic rings. The van der Waals surface area contributed by atoms with Gasteiger partial charge in [0, 0.05) is 0 Å². The maximum atomic E-state index is 11.9. The molecule has 4 unspecified atom stereocenters. The van der Waals surface area contributed by atoms with Gasteiger partial charge in [-0.15, -0.1) is 0 Å². The molecule has 0 aromatic carbocycles. The van der Waals surface area contributed by atoms with Crippen LogP contribution in [0.1, 0.15) is 44.0 Å². The average Bonchev–Trinajstić information content (AvgIpc) is 3.29. The molecule has 0 fully saturated rings. The Morgan fingerprint density at radius 2 is 1.08 bits per heavy atom. The van der Waals surface area contributed by atoms with E-state index in [2.05, 4.69) is 89.5 Å². The van der Waals surface area contributed by atoms with Crippen LogP contribution >= 0.6 is 60.1 Å². The van der Waals surface area contributed by atoms with Crippen LogP contribution < -0.4 is 27.4 Å². The van der Waals surface area contributed by atoms with E-state index in [4.69, 9.17) is 47.2 Å². The zero-order valence-corrected chi connectivity index (χ0v) is 62.1. The molecule has 0 aliphatic carbocycles. The topological polar surface area (TPSA) is 413 Å². The molecule has 23 nitrogen and oxygen atoms in total. The Bertz CT molecular complexity index is 1940. The first-order valence-corrected chi connectivity index (χ1v) is 63.6. The van der Waals surface area contributed by atoms with Crippen molar-refractivity contribution in [2.45, 2.75) is 135 Å². The summed E-state index contributed by atoms with van der Waals surface area (Å²) in [5, 5.41) is 67.0. The van der Waals surface area contributed by atoms with E-state index < -0.39 is 159 Å². The third kappa shape index (κ3) is 58.2. The molecule has 0 aliphatic rings. The molecular formula is C42H80As6N6O17S6. The van der Waals surface area contributed by atoms with Gasteiger partial charge >= 0.3 is 506 Å². The molecule has 14 N–H and O–H groups in total. The van der Waals surface area contributed by atoms with E-state index in [1.807, 2.05) is 13.8 Å². The van der Waals surface area contributed by atoms with Crippen molar-refractivity contribution in [1.82, 2.24) is 20.9 Å². The molecule has 446 valence electrons. The zero-order valence-electron chi connectivity index (χ0n) is 45.9. The average molecular weight is 1580 g/mol. The molecule has 0 aliphatic heterocycles. The molecule has 1 rings (SSSR count). The number of carboxylic acid groups (broad SMARTS) is 7. The minimum absolute atomic E-state index is 0.0445. The fourth-order valence-corrected chi connectivity index (χ4v) is 29.9. The summed E-state index contributed by atoms with van der Waals surface area (Å²) in [5.74, 6) is -6.93. The number of carbonyl (C=O) groups excluding carboxylic acids is 3. The Balaban J connectivity index is -0.000000281. The predicted octanol–water partition coefficient (Wildman–Crippen LogP) is 4.80. The van der Waals surface area contributed by atoms with Crippen LogP contribution in [0.2, 0.25) is 68.5 Å². The van der Waals surface area contributed by atoms with E-state index >= 15 is 0 Å². The number of nitrogens with zero attached hydrogens (tertiary/aromatic N) is 1. The Morgan fingerprint density at radius 1 is 0.623 bits per heavy atom. The van der Waals surface area contributed by atoms with Gasteiger partial charge in [-0.3, -0.25) is 0 Å². The molecular weight excluding hydrogens is 1500 g/mol. The van der Waals surface area contributed by atoms with Crippen molar-refractivity contribution in [2.75, 3.05) is 30.3 Å². The molecule has 0 saturated carbocycles. The van der Waals surface area contributed by atoms with E-state index in [1.165, 1.54) is 0 Å². The molecule has 4 atom stereocenters. The third-order valence-corrected chi connectivity index (χ3v) is 38.6. The fraction of sp³-hybridized carbons (Fsp3) is 0.643. The number of aromatic nitrogens is 1. The summed E-state index contributed by atoms with van der Waals surface area (Å²) in [6, 6.07) is 0.480. The van der Waals surface area contributed by atoms with Crippen molar-refractivity contribution >= 4 is 201 Å². The summed E-state index contributed by atoms with van der Waals surface area (Å²) < 4.78 is -0.338. The Labute approximate surface area is 500 Å². The summed E-state index contributed by atoms with van der Waals surface area (Å²) in [7, 11) is 9.74. The third-order valence-electron chi connectivity index (χ3n) is 7.31. The number of hydrogen-bond acceptors (Lipinski definition) is 19. The summed E-state index contributed by atoms with van der Waals surface area (Å²) in [6.07, 6.45) is 1.46. The van der Waals surface area contributed by atoms with Crippen LogP contribution in [-0.2, 0) is 43.2 Å². The summed E-state index contributed by atoms with van der Waals surface area (Å²) in [4.78, 5) is 111. The molecule has 3 amide bonds. The van der Waals surface area contributed by atoms with Crippen molar-refractivity contribution in [2.24, 2.45) is 11.5 Å². The van der Waals surface area contributed by atoms with Gasteiger partial charge in [-0.1, -0.05) is 0 Å². The number of hydrogen-bond donors (Lipinski definition) is 12. The number of pyridine rings is 1. The van der Waals surface area contributed by atoms with Gasteiger partial charge in [0.15, 0.2) is 0 Å². The molecule has 0 radical (unpaired) electrons. The van der Waals surface area contributed by atoms with Crippen LogP contribution in [0.15, 0.2) is 23.4 Å². The van der Waals surface area contributed by atoms with Crippen LogP contribution in [-0.4, -0.2) is 240 Å². The van der Waals surface area contributed by atoms with Gasteiger partial charge in [-0.25, -0.2) is 0 Å². The van der Waals surface area contributed by atoms with Crippen molar-refractivity contribution in [3.63, 3.8) is 0 Å². The van der Waals surface area contributed by atoms with Crippen LogP contribution in [0, 0.1) is 0 Å². The second kappa shape index (κ2) is 49.8. The van der Waals surface area contributed by atoms with Crippen LogP contribution in [0.3, 0.4) is 0 Å². The second-order valence-corrected chi connectivity index (χ2v) is 72.5. The summed E-state index contributed by atoms with van der Waals surface area (Å²) in [6.45, 7) is 4.77. The van der Waals surface area contributed by atoms with E-state index in [-0.39, 0.29) is 46.8 Å². The van der Waals surface area contributed by atoms with Crippen molar-refractivity contribution < 1.29 is 83.7 Å². The number of carboxylic acids is 7. The number of rotatable bonds is 29. The van der Waals surface area contributed by atoms with Crippen molar-refractivity contribution in [3.8, 4) is 0 Å². The number of amides is 3. The Morgan fingerprint density at radius 3 is 1.42 bits per heavy atom. The Kier molecular flexibility index (Phi) is 55.0. The van der Waals surface area contributed by atoms with Crippen molar-refractivity contribution in [1.29, 1.82) is 0 Å². The number of aliphatic carboxylic acids is 6. The number of carbonyl (C=O) groups is 10. The first-order chi connectivity index (χ1) is 35.2. The number of nitrogens with two attached hydrogens (primary N) is 2. The van der Waals surface area contributed by atoms with E-state index in [9.17, 15) is 47.9 Å². The molecule has 0 bridgehead atoms. The van der Waals surface area contributed by atoms with Gasteiger partial charge in [-0.05, 0) is 0 Å². The Hall–Kier alpha value is -0.779. The van der Waals surface area contributed by atoms with Crippen molar-refractivity contribution in [3.05, 3.63) is 23.9 Å². The first kappa shape index (κ1) is 85.0. The van der Waals surface area contributed by atoms with Gasteiger partial charge in [0.25, 0.3) is 0 Å². The van der Waals surface area contributed by atoms with Gasteiger partial charge < -0.3 is 0 Å². The van der Waals surface area contributed by atoms with Gasteiger partial charge in [0.2, 0.25) is 0 Å². The molecule has 0 spiro atoms. The normalized spacial score (nSPS) is 12.2. The molecule has 35 heteroatoms. The zero-order chi connectivity index (χ0) is 61.3. The second-order valence-electron chi connectivity index (χ2n) is 16.3. The summed E-state index contributed by atoms with van der Waals surface area (Å²) in [5.41, 5.74) is 36.7. The standard InChI is InChI=1S/C12H22AsN3O6S.C8H10AsNO2S.C7H14AsNO3S.C7H16AsNO2S.2C4H9AsO2S/c1-13(2)23-6-8(11(20)15-5-10(18)19)16-9(17)4-3-7(14)12(21)22;1-9(2)13-7-6(8(11)12)4-3-5-10-7;1-5(13-8(2)3)7(12)9-4-6(10)11;1-7(2,12-8(3)4)5(9)6(10)11;2*1-5(2)8-3-4(6)7/h7-8H,3-6,14H2,1-2H3,(H,15,20)(H,16,17)(H,18,19)(H,21,22);3-5H,1-2H3,(H,11,12);5H,4H2,1-3H3,(H,9,12)(H,10,11);5H,9H2,1-4H3,(H,10,11);2*3H2,1-2H3,(H,6,7). The first-order valence-electron chi connectivity index (χ1n) is 22.0. The fourth-order valence-electron chi connectivity index (χ4n) is 4.03. The maximum absolute atomic E-state index is 11.9. The quantitative estimate of drug-likeness (QED) is 0.0479. The van der Waals surface area contributed by atoms with Crippen LogP contribution in [0.25, 0.3) is 0 Å². The van der Waals surface area contributed by atoms with Crippen LogP contribution in [0.5, 0.6) is 0 Å². The van der Waals surface area contributed by atoms with Gasteiger partial charge in [0.05, 0.1) is 0 Å².